The molecule has 0 saturated carbocycles. The molecule has 0 aliphatic carbocycles. The fraction of sp³-hybridized carbons (Fsp3) is 0.480. The summed E-state index contributed by atoms with van der Waals surface area (Å²) in [6.45, 7) is 7.94. The molecule has 1 saturated heterocycles. The van der Waals surface area contributed by atoms with Crippen molar-refractivity contribution in [1.82, 2.24) is 5.32 Å². The van der Waals surface area contributed by atoms with Crippen molar-refractivity contribution in [2.75, 3.05) is 13.1 Å². The van der Waals surface area contributed by atoms with Crippen LogP contribution in [0, 0.1) is 12.8 Å². The van der Waals surface area contributed by atoms with Gasteiger partial charge in [0.2, 0.25) is 0 Å². The Labute approximate surface area is 174 Å². The van der Waals surface area contributed by atoms with Gasteiger partial charge in [-0.3, -0.25) is 4.79 Å². The standard InChI is InChI=1S/C25H33NO3/c1-18(2)28-23-10-8-21(9-11-23)17-22(16-20-6-4-19(3)5-7-20)25(27)29-24-12-14-26-15-13-24/h4-11,18,22,24,26H,12-17H2,1-3H3/t22-/m0/s1. The van der Waals surface area contributed by atoms with Crippen molar-refractivity contribution >= 4 is 5.97 Å². The van der Waals surface area contributed by atoms with Gasteiger partial charge in [0, 0.05) is 0 Å². The molecule has 1 fully saturated rings. The molecule has 1 N–H and O–H groups in total. The Bertz CT molecular complexity index is 762. The minimum atomic E-state index is -0.190. The summed E-state index contributed by atoms with van der Waals surface area (Å²) in [5, 5.41) is 3.32. The topological polar surface area (TPSA) is 47.6 Å². The summed E-state index contributed by atoms with van der Waals surface area (Å²) in [4.78, 5) is 13.0. The molecular formula is C25H33NO3. The molecule has 29 heavy (non-hydrogen) atoms. The van der Waals surface area contributed by atoms with Crippen molar-refractivity contribution in [1.29, 1.82) is 0 Å². The first-order valence-electron chi connectivity index (χ1n) is 10.7. The zero-order chi connectivity index (χ0) is 20.6. The molecular weight excluding hydrogens is 362 g/mol. The number of piperidine rings is 1. The first kappa shape index (κ1) is 21.4. The van der Waals surface area contributed by atoms with E-state index in [0.717, 1.165) is 37.2 Å². The van der Waals surface area contributed by atoms with E-state index < -0.39 is 0 Å². The number of hydrogen-bond donors (Lipinski definition) is 1. The highest BCUT2D eigenvalue weighted by atomic mass is 16.5. The molecule has 1 heterocycles. The maximum absolute atomic E-state index is 13.0. The van der Waals surface area contributed by atoms with Crippen LogP contribution < -0.4 is 10.1 Å². The number of ether oxygens (including phenoxy) is 2. The molecule has 4 heteroatoms. The Morgan fingerprint density at radius 3 is 2.07 bits per heavy atom. The van der Waals surface area contributed by atoms with Gasteiger partial charge < -0.3 is 14.8 Å². The van der Waals surface area contributed by atoms with Gasteiger partial charge in [0.05, 0.1) is 12.0 Å². The Balaban J connectivity index is 1.70. The number of rotatable bonds is 8. The Morgan fingerprint density at radius 1 is 0.966 bits per heavy atom. The van der Waals surface area contributed by atoms with E-state index in [-0.39, 0.29) is 24.1 Å². The van der Waals surface area contributed by atoms with E-state index in [1.807, 2.05) is 26.0 Å². The first-order chi connectivity index (χ1) is 14.0. The number of benzene rings is 2. The lowest BCUT2D eigenvalue weighted by molar-refractivity contribution is -0.155. The van der Waals surface area contributed by atoms with Gasteiger partial charge >= 0.3 is 5.97 Å². The molecule has 156 valence electrons. The Kier molecular flexibility index (Phi) is 7.70. The Morgan fingerprint density at radius 2 is 1.52 bits per heavy atom. The molecule has 2 aromatic carbocycles. The van der Waals surface area contributed by atoms with Crippen molar-refractivity contribution in [2.45, 2.75) is 58.7 Å². The largest absolute Gasteiger partial charge is 0.491 e. The van der Waals surface area contributed by atoms with E-state index in [9.17, 15) is 4.79 Å². The van der Waals surface area contributed by atoms with Gasteiger partial charge in [-0.05, 0) is 82.8 Å². The van der Waals surface area contributed by atoms with Gasteiger partial charge in [0.1, 0.15) is 11.9 Å². The summed E-state index contributed by atoms with van der Waals surface area (Å²) >= 11 is 0. The summed E-state index contributed by atoms with van der Waals surface area (Å²) in [5.74, 6) is 0.584. The van der Waals surface area contributed by atoms with Crippen LogP contribution in [-0.4, -0.2) is 31.3 Å². The summed E-state index contributed by atoms with van der Waals surface area (Å²) in [7, 11) is 0. The van der Waals surface area contributed by atoms with E-state index >= 15 is 0 Å². The summed E-state index contributed by atoms with van der Waals surface area (Å²) in [6.07, 6.45) is 3.32. The average molecular weight is 396 g/mol. The van der Waals surface area contributed by atoms with Gasteiger partial charge in [-0.15, -0.1) is 0 Å². The molecule has 3 rings (SSSR count). The summed E-state index contributed by atoms with van der Waals surface area (Å²) in [6, 6.07) is 16.5. The number of aryl methyl sites for hydroxylation is 1. The molecule has 1 aliphatic rings. The van der Waals surface area contributed by atoms with Gasteiger partial charge in [0.15, 0.2) is 0 Å². The second-order valence-corrected chi connectivity index (χ2v) is 8.29. The predicted molar refractivity (Wildman–Crippen MR) is 116 cm³/mol. The number of esters is 1. The fourth-order valence-corrected chi connectivity index (χ4v) is 3.68. The van der Waals surface area contributed by atoms with E-state index in [1.165, 1.54) is 11.1 Å². The van der Waals surface area contributed by atoms with Crippen molar-refractivity contribution < 1.29 is 14.3 Å². The SMILES string of the molecule is Cc1ccc(C[C@@H](Cc2ccc(OC(C)C)cc2)C(=O)OC2CCNCC2)cc1. The van der Waals surface area contributed by atoms with Crippen LogP contribution in [0.4, 0.5) is 0 Å². The maximum atomic E-state index is 13.0. The van der Waals surface area contributed by atoms with Gasteiger partial charge in [-0.25, -0.2) is 0 Å². The highest BCUT2D eigenvalue weighted by Crippen LogP contribution is 2.21. The Hall–Kier alpha value is -2.33. The second-order valence-electron chi connectivity index (χ2n) is 8.29. The normalized spacial score (nSPS) is 15.9. The summed E-state index contributed by atoms with van der Waals surface area (Å²) in [5.41, 5.74) is 3.52. The van der Waals surface area contributed by atoms with Crippen LogP contribution in [0.3, 0.4) is 0 Å². The number of nitrogens with one attached hydrogen (secondary N) is 1. The maximum Gasteiger partial charge on any atom is 0.309 e. The van der Waals surface area contributed by atoms with Crippen LogP contribution in [0.2, 0.25) is 0 Å². The number of hydrogen-bond acceptors (Lipinski definition) is 4. The smallest absolute Gasteiger partial charge is 0.309 e. The van der Waals surface area contributed by atoms with Crippen molar-refractivity contribution in [3.8, 4) is 5.75 Å². The quantitative estimate of drug-likeness (QED) is 0.670. The third kappa shape index (κ3) is 6.90. The van der Waals surface area contributed by atoms with E-state index in [4.69, 9.17) is 9.47 Å². The second kappa shape index (κ2) is 10.4. The molecule has 0 aromatic heterocycles. The van der Waals surface area contributed by atoms with E-state index in [0.29, 0.717) is 12.8 Å². The lowest BCUT2D eigenvalue weighted by atomic mass is 9.92. The predicted octanol–water partition coefficient (Wildman–Crippen LogP) is 4.48. The average Bonchev–Trinajstić information content (AvgIpc) is 2.71. The van der Waals surface area contributed by atoms with Crippen molar-refractivity contribution in [3.63, 3.8) is 0 Å². The molecule has 1 atom stereocenters. The van der Waals surface area contributed by atoms with Crippen LogP contribution in [-0.2, 0) is 22.4 Å². The van der Waals surface area contributed by atoms with Crippen molar-refractivity contribution in [3.05, 3.63) is 65.2 Å². The number of carbonyl (C=O) groups is 1. The van der Waals surface area contributed by atoms with Crippen molar-refractivity contribution in [2.24, 2.45) is 5.92 Å². The zero-order valence-electron chi connectivity index (χ0n) is 17.8. The highest BCUT2D eigenvalue weighted by molar-refractivity contribution is 5.73. The van der Waals surface area contributed by atoms with Crippen LogP contribution >= 0.6 is 0 Å². The highest BCUT2D eigenvalue weighted by Gasteiger charge is 2.25. The van der Waals surface area contributed by atoms with Crippen LogP contribution in [0.1, 0.15) is 43.4 Å². The molecule has 1 aliphatic heterocycles. The van der Waals surface area contributed by atoms with Crippen LogP contribution in [0.15, 0.2) is 48.5 Å². The molecule has 0 amide bonds. The third-order valence-corrected chi connectivity index (χ3v) is 5.28. The molecule has 4 nitrogen and oxygen atoms in total. The third-order valence-electron chi connectivity index (χ3n) is 5.28. The van der Waals surface area contributed by atoms with Crippen LogP contribution in [0.5, 0.6) is 5.75 Å². The molecule has 0 unspecified atom stereocenters. The molecule has 0 radical (unpaired) electrons. The first-order valence-corrected chi connectivity index (χ1v) is 10.7. The minimum absolute atomic E-state index is 0.0334. The van der Waals surface area contributed by atoms with Gasteiger partial charge in [-0.1, -0.05) is 42.0 Å². The monoisotopic (exact) mass is 395 g/mol. The zero-order valence-corrected chi connectivity index (χ0v) is 17.8. The lowest BCUT2D eigenvalue weighted by Crippen LogP contribution is -2.35. The number of carbonyl (C=O) groups excluding carboxylic acids is 1. The van der Waals surface area contributed by atoms with E-state index in [2.05, 4.69) is 48.6 Å². The van der Waals surface area contributed by atoms with Crippen LogP contribution in [0.25, 0.3) is 0 Å². The molecule has 2 aromatic rings. The summed E-state index contributed by atoms with van der Waals surface area (Å²) < 4.78 is 11.6. The van der Waals surface area contributed by atoms with Gasteiger partial charge in [0.25, 0.3) is 0 Å². The van der Waals surface area contributed by atoms with Gasteiger partial charge in [-0.2, -0.15) is 0 Å². The minimum Gasteiger partial charge on any atom is -0.491 e. The fourth-order valence-electron chi connectivity index (χ4n) is 3.68. The molecule has 0 spiro atoms. The molecule has 0 bridgehead atoms. The lowest BCUT2D eigenvalue weighted by Gasteiger charge is -2.25. The van der Waals surface area contributed by atoms with E-state index in [1.54, 1.807) is 0 Å².